The molecule has 0 atom stereocenters. The van der Waals surface area contributed by atoms with Gasteiger partial charge in [-0.25, -0.2) is 19.0 Å². The van der Waals surface area contributed by atoms with Crippen LogP contribution in [0.3, 0.4) is 0 Å². The van der Waals surface area contributed by atoms with Crippen LogP contribution in [0, 0.1) is 5.82 Å². The molecule has 7 nitrogen and oxygen atoms in total. The largest absolute Gasteiger partial charge is 0.323 e. The molecule has 0 amide bonds. The number of rotatable bonds is 5. The van der Waals surface area contributed by atoms with Gasteiger partial charge in [0.1, 0.15) is 18.0 Å². The number of aromatic nitrogens is 6. The van der Waals surface area contributed by atoms with E-state index in [1.807, 2.05) is 16.9 Å². The van der Waals surface area contributed by atoms with E-state index in [2.05, 4.69) is 37.5 Å². The second-order valence-corrected chi connectivity index (χ2v) is 7.07. The van der Waals surface area contributed by atoms with E-state index in [9.17, 15) is 4.39 Å². The first kappa shape index (κ1) is 17.5. The lowest BCUT2D eigenvalue weighted by Crippen LogP contribution is -2.03. The van der Waals surface area contributed by atoms with Crippen LogP contribution in [0.25, 0.3) is 17.1 Å². The standard InChI is InChI=1S/C21H20FN7/c1-2-16-20(13-6-8-15(22)9-7-13)26-27-21(16)25-18-10-19(24-12-23-18)29-11-14-4-3-5-17(14)28-29/h6-12H,2-5H2,1H3,(H2,23,24,25,26,27). The Labute approximate surface area is 167 Å². The Morgan fingerprint density at radius 1 is 1.17 bits per heavy atom. The SMILES string of the molecule is CCc1c(Nc2cc(-n3cc4c(n3)CCC4)ncn2)n[nH]c1-c1ccc(F)cc1. The van der Waals surface area contributed by atoms with Gasteiger partial charge >= 0.3 is 0 Å². The number of hydrogen-bond donors (Lipinski definition) is 2. The lowest BCUT2D eigenvalue weighted by atomic mass is 10.1. The molecule has 1 aromatic carbocycles. The highest BCUT2D eigenvalue weighted by Crippen LogP contribution is 2.29. The minimum absolute atomic E-state index is 0.261. The van der Waals surface area contributed by atoms with Gasteiger partial charge in [0.2, 0.25) is 0 Å². The number of anilines is 2. The van der Waals surface area contributed by atoms with Crippen LogP contribution >= 0.6 is 0 Å². The van der Waals surface area contributed by atoms with E-state index in [0.717, 1.165) is 41.8 Å². The van der Waals surface area contributed by atoms with Gasteiger partial charge in [-0.15, -0.1) is 0 Å². The first-order valence-corrected chi connectivity index (χ1v) is 9.71. The third kappa shape index (κ3) is 3.26. The van der Waals surface area contributed by atoms with Crippen molar-refractivity contribution >= 4 is 11.6 Å². The van der Waals surface area contributed by atoms with Gasteiger partial charge in [0.25, 0.3) is 0 Å². The number of hydrogen-bond acceptors (Lipinski definition) is 5. The zero-order chi connectivity index (χ0) is 19.8. The molecule has 0 fully saturated rings. The van der Waals surface area contributed by atoms with E-state index in [-0.39, 0.29) is 5.82 Å². The summed E-state index contributed by atoms with van der Waals surface area (Å²) < 4.78 is 15.1. The Kier molecular flexibility index (Phi) is 4.31. The monoisotopic (exact) mass is 389 g/mol. The summed E-state index contributed by atoms with van der Waals surface area (Å²) in [6.45, 7) is 2.06. The Morgan fingerprint density at radius 2 is 2.03 bits per heavy atom. The maximum Gasteiger partial charge on any atom is 0.158 e. The van der Waals surface area contributed by atoms with Crippen molar-refractivity contribution in [3.8, 4) is 17.1 Å². The van der Waals surface area contributed by atoms with E-state index >= 15 is 0 Å². The molecule has 0 aliphatic heterocycles. The summed E-state index contributed by atoms with van der Waals surface area (Å²) in [4.78, 5) is 8.68. The molecule has 146 valence electrons. The normalized spacial score (nSPS) is 12.9. The van der Waals surface area contributed by atoms with Crippen LogP contribution in [0.4, 0.5) is 16.0 Å². The molecule has 0 saturated carbocycles. The summed E-state index contributed by atoms with van der Waals surface area (Å²) in [6, 6.07) is 8.23. The number of nitrogens with zero attached hydrogens (tertiary/aromatic N) is 5. The van der Waals surface area contributed by atoms with Gasteiger partial charge in [-0.05, 0) is 55.5 Å². The summed E-state index contributed by atoms with van der Waals surface area (Å²) in [5.74, 6) is 1.78. The van der Waals surface area contributed by atoms with Crippen LogP contribution in [-0.2, 0) is 19.3 Å². The lowest BCUT2D eigenvalue weighted by Gasteiger charge is -2.07. The number of fused-ring (bicyclic) bond motifs is 1. The number of halogens is 1. The lowest BCUT2D eigenvalue weighted by molar-refractivity contribution is 0.628. The summed E-state index contributed by atoms with van der Waals surface area (Å²) in [5.41, 5.74) is 5.21. The zero-order valence-electron chi connectivity index (χ0n) is 16.0. The smallest absolute Gasteiger partial charge is 0.158 e. The molecule has 2 N–H and O–H groups in total. The second kappa shape index (κ2) is 7.12. The minimum atomic E-state index is -0.261. The van der Waals surface area contributed by atoms with E-state index in [0.29, 0.717) is 17.5 Å². The molecule has 4 aromatic rings. The Morgan fingerprint density at radius 3 is 2.83 bits per heavy atom. The van der Waals surface area contributed by atoms with Crippen molar-refractivity contribution in [3.63, 3.8) is 0 Å². The van der Waals surface area contributed by atoms with Crippen molar-refractivity contribution in [2.45, 2.75) is 32.6 Å². The van der Waals surface area contributed by atoms with Crippen molar-refractivity contribution in [2.75, 3.05) is 5.32 Å². The van der Waals surface area contributed by atoms with Crippen LogP contribution in [0.2, 0.25) is 0 Å². The Bertz CT molecular complexity index is 1140. The Hall–Kier alpha value is -3.55. The van der Waals surface area contributed by atoms with E-state index < -0.39 is 0 Å². The predicted molar refractivity (Wildman–Crippen MR) is 108 cm³/mol. The fourth-order valence-electron chi connectivity index (χ4n) is 3.76. The average Bonchev–Trinajstić information content (AvgIpc) is 3.43. The molecule has 8 heteroatoms. The third-order valence-electron chi connectivity index (χ3n) is 5.22. The molecular weight excluding hydrogens is 369 g/mol. The zero-order valence-corrected chi connectivity index (χ0v) is 16.0. The van der Waals surface area contributed by atoms with Crippen LogP contribution < -0.4 is 5.32 Å². The van der Waals surface area contributed by atoms with Crippen LogP contribution in [-0.4, -0.2) is 29.9 Å². The van der Waals surface area contributed by atoms with Crippen molar-refractivity contribution in [3.05, 3.63) is 65.5 Å². The quantitative estimate of drug-likeness (QED) is 0.539. The molecule has 1 aliphatic rings. The van der Waals surface area contributed by atoms with Gasteiger partial charge in [0, 0.05) is 23.4 Å². The second-order valence-electron chi connectivity index (χ2n) is 7.07. The maximum atomic E-state index is 13.2. The van der Waals surface area contributed by atoms with E-state index in [1.165, 1.54) is 30.4 Å². The fraction of sp³-hybridized carbons (Fsp3) is 0.238. The van der Waals surface area contributed by atoms with Crippen molar-refractivity contribution < 1.29 is 4.39 Å². The topological polar surface area (TPSA) is 84.3 Å². The molecule has 3 aromatic heterocycles. The van der Waals surface area contributed by atoms with Crippen molar-refractivity contribution in [1.29, 1.82) is 0 Å². The minimum Gasteiger partial charge on any atom is -0.323 e. The molecule has 1 aliphatic carbocycles. The first-order valence-electron chi connectivity index (χ1n) is 9.71. The molecule has 0 bridgehead atoms. The summed E-state index contributed by atoms with van der Waals surface area (Å²) in [7, 11) is 0. The van der Waals surface area contributed by atoms with E-state index in [1.54, 1.807) is 12.1 Å². The molecule has 0 saturated heterocycles. The van der Waals surface area contributed by atoms with Crippen LogP contribution in [0.15, 0.2) is 42.9 Å². The number of aryl methyl sites for hydroxylation is 2. The van der Waals surface area contributed by atoms with Gasteiger partial charge < -0.3 is 5.32 Å². The molecule has 0 unspecified atom stereocenters. The highest BCUT2D eigenvalue weighted by molar-refractivity contribution is 5.71. The molecule has 5 rings (SSSR count). The third-order valence-corrected chi connectivity index (χ3v) is 5.22. The van der Waals surface area contributed by atoms with Crippen LogP contribution in [0.5, 0.6) is 0 Å². The average molecular weight is 389 g/mol. The van der Waals surface area contributed by atoms with Gasteiger partial charge in [-0.2, -0.15) is 10.2 Å². The highest BCUT2D eigenvalue weighted by Gasteiger charge is 2.17. The first-order chi connectivity index (χ1) is 14.2. The number of H-pyrrole nitrogens is 1. The molecular formula is C21H20FN7. The highest BCUT2D eigenvalue weighted by atomic mass is 19.1. The Balaban J connectivity index is 1.44. The summed E-state index contributed by atoms with van der Waals surface area (Å²) in [5, 5.41) is 15.4. The van der Waals surface area contributed by atoms with Gasteiger partial charge in [-0.3, -0.25) is 5.10 Å². The number of benzene rings is 1. The molecule has 3 heterocycles. The molecule has 29 heavy (non-hydrogen) atoms. The summed E-state index contributed by atoms with van der Waals surface area (Å²) >= 11 is 0. The molecule has 0 radical (unpaired) electrons. The van der Waals surface area contributed by atoms with Gasteiger partial charge in [0.15, 0.2) is 11.6 Å². The van der Waals surface area contributed by atoms with Gasteiger partial charge in [-0.1, -0.05) is 6.92 Å². The number of nitrogens with one attached hydrogen (secondary N) is 2. The predicted octanol–water partition coefficient (Wildman–Crippen LogP) is 3.99. The maximum absolute atomic E-state index is 13.2. The van der Waals surface area contributed by atoms with E-state index in [4.69, 9.17) is 0 Å². The van der Waals surface area contributed by atoms with Crippen molar-refractivity contribution in [2.24, 2.45) is 0 Å². The number of aromatic amines is 1. The molecule has 0 spiro atoms. The van der Waals surface area contributed by atoms with Crippen molar-refractivity contribution in [1.82, 2.24) is 29.9 Å². The van der Waals surface area contributed by atoms with Gasteiger partial charge in [0.05, 0.1) is 11.4 Å². The summed E-state index contributed by atoms with van der Waals surface area (Å²) in [6.07, 6.45) is 7.60. The fourth-order valence-corrected chi connectivity index (χ4v) is 3.76. The van der Waals surface area contributed by atoms with Crippen LogP contribution in [0.1, 0.15) is 30.2 Å².